The van der Waals surface area contributed by atoms with E-state index in [0.29, 0.717) is 12.4 Å². The number of carbonyl (C=O) groups is 1. The summed E-state index contributed by atoms with van der Waals surface area (Å²) in [7, 11) is 5.73. The van der Waals surface area contributed by atoms with E-state index in [0.717, 1.165) is 18.8 Å². The number of likely N-dealkylation sites (N-methyl/N-ethyl adjacent to an activating group) is 1. The van der Waals surface area contributed by atoms with Crippen molar-refractivity contribution in [3.05, 3.63) is 36.4 Å². The number of anilines is 1. The molecule has 7 heteroatoms. The largest absolute Gasteiger partial charge is 0.467 e. The molecule has 0 saturated heterocycles. The molecule has 0 radical (unpaired) electrons. The first-order valence-corrected chi connectivity index (χ1v) is 6.77. The summed E-state index contributed by atoms with van der Waals surface area (Å²) in [4.78, 5) is 15.6. The summed E-state index contributed by atoms with van der Waals surface area (Å²) >= 11 is 0. The summed E-state index contributed by atoms with van der Waals surface area (Å²) in [5, 5.41) is 7.07. The molecule has 114 valence electrons. The Kier molecular flexibility index (Phi) is 4.99. The van der Waals surface area contributed by atoms with E-state index in [9.17, 15) is 4.79 Å². The van der Waals surface area contributed by atoms with Gasteiger partial charge in [0.2, 0.25) is 0 Å². The van der Waals surface area contributed by atoms with Gasteiger partial charge in [-0.3, -0.25) is 10.00 Å². The Morgan fingerprint density at radius 3 is 2.86 bits per heavy atom. The highest BCUT2D eigenvalue weighted by atomic mass is 16.3. The van der Waals surface area contributed by atoms with Crippen LogP contribution in [0, 0.1) is 0 Å². The lowest BCUT2D eigenvalue weighted by molar-refractivity contribution is 0.216. The smallest absolute Gasteiger partial charge is 0.323 e. The van der Waals surface area contributed by atoms with Crippen LogP contribution < -0.4 is 5.32 Å². The minimum Gasteiger partial charge on any atom is -0.467 e. The molecular formula is C14H21N5O2. The van der Waals surface area contributed by atoms with Gasteiger partial charge in [0.15, 0.2) is 5.82 Å². The molecule has 0 atom stereocenters. The van der Waals surface area contributed by atoms with Gasteiger partial charge in [-0.2, -0.15) is 5.10 Å². The lowest BCUT2D eigenvalue weighted by Gasteiger charge is -2.15. The van der Waals surface area contributed by atoms with Gasteiger partial charge in [-0.25, -0.2) is 4.79 Å². The number of hydrogen-bond acceptors (Lipinski definition) is 4. The summed E-state index contributed by atoms with van der Waals surface area (Å²) in [5.41, 5.74) is 0. The van der Waals surface area contributed by atoms with E-state index >= 15 is 0 Å². The van der Waals surface area contributed by atoms with Gasteiger partial charge in [0.1, 0.15) is 5.76 Å². The lowest BCUT2D eigenvalue weighted by atomic mass is 10.4. The number of rotatable bonds is 6. The number of hydrogen-bond donors (Lipinski definition) is 1. The van der Waals surface area contributed by atoms with Crippen molar-refractivity contribution >= 4 is 11.8 Å². The zero-order valence-corrected chi connectivity index (χ0v) is 12.6. The zero-order valence-electron chi connectivity index (χ0n) is 12.6. The molecule has 0 aliphatic rings. The first-order chi connectivity index (χ1) is 10.0. The minimum atomic E-state index is -0.218. The molecule has 0 aromatic carbocycles. The SMILES string of the molecule is CN(C)CCn1ccc(NC(=O)N(C)Cc2ccco2)n1. The third-order valence-electron chi connectivity index (χ3n) is 2.97. The van der Waals surface area contributed by atoms with Gasteiger partial charge in [-0.1, -0.05) is 0 Å². The van der Waals surface area contributed by atoms with Crippen LogP contribution in [0.1, 0.15) is 5.76 Å². The van der Waals surface area contributed by atoms with E-state index in [1.807, 2.05) is 31.0 Å². The molecular weight excluding hydrogens is 270 g/mol. The number of amides is 2. The van der Waals surface area contributed by atoms with E-state index in [1.165, 1.54) is 4.90 Å². The Morgan fingerprint density at radius 2 is 2.19 bits per heavy atom. The second-order valence-electron chi connectivity index (χ2n) is 5.13. The molecule has 2 aromatic rings. The van der Waals surface area contributed by atoms with Crippen molar-refractivity contribution in [3.8, 4) is 0 Å². The number of carbonyl (C=O) groups excluding carboxylic acids is 1. The summed E-state index contributed by atoms with van der Waals surface area (Å²) in [6, 6.07) is 5.20. The molecule has 0 unspecified atom stereocenters. The van der Waals surface area contributed by atoms with Crippen LogP contribution in [0.3, 0.4) is 0 Å². The first kappa shape index (κ1) is 15.1. The summed E-state index contributed by atoms with van der Waals surface area (Å²) in [6.07, 6.45) is 3.44. The van der Waals surface area contributed by atoms with Crippen molar-refractivity contribution in [3.63, 3.8) is 0 Å². The maximum Gasteiger partial charge on any atom is 0.323 e. The Morgan fingerprint density at radius 1 is 1.38 bits per heavy atom. The van der Waals surface area contributed by atoms with Crippen LogP contribution in [0.5, 0.6) is 0 Å². The van der Waals surface area contributed by atoms with E-state index in [1.54, 1.807) is 25.4 Å². The first-order valence-electron chi connectivity index (χ1n) is 6.77. The van der Waals surface area contributed by atoms with Crippen LogP contribution in [0.2, 0.25) is 0 Å². The van der Waals surface area contributed by atoms with E-state index in [2.05, 4.69) is 15.3 Å². The quantitative estimate of drug-likeness (QED) is 0.879. The van der Waals surface area contributed by atoms with Gasteiger partial charge in [0, 0.05) is 25.9 Å². The second kappa shape index (κ2) is 6.94. The van der Waals surface area contributed by atoms with Crippen molar-refractivity contribution in [2.75, 3.05) is 33.0 Å². The maximum absolute atomic E-state index is 12.0. The molecule has 1 N–H and O–H groups in total. The van der Waals surface area contributed by atoms with Crippen molar-refractivity contribution < 1.29 is 9.21 Å². The van der Waals surface area contributed by atoms with Gasteiger partial charge >= 0.3 is 6.03 Å². The summed E-state index contributed by atoms with van der Waals surface area (Å²) in [5.74, 6) is 1.29. The van der Waals surface area contributed by atoms with Gasteiger partial charge in [0.05, 0.1) is 19.4 Å². The average molecular weight is 291 g/mol. The fourth-order valence-electron chi connectivity index (χ4n) is 1.77. The van der Waals surface area contributed by atoms with Crippen molar-refractivity contribution in [1.29, 1.82) is 0 Å². The minimum absolute atomic E-state index is 0.218. The molecule has 7 nitrogen and oxygen atoms in total. The van der Waals surface area contributed by atoms with Gasteiger partial charge in [0.25, 0.3) is 0 Å². The van der Waals surface area contributed by atoms with E-state index < -0.39 is 0 Å². The fourth-order valence-corrected chi connectivity index (χ4v) is 1.77. The maximum atomic E-state index is 12.0. The standard InChI is InChI=1S/C14H21N5O2/c1-17(2)8-9-19-7-6-13(16-19)15-14(20)18(3)11-12-5-4-10-21-12/h4-7,10H,8-9,11H2,1-3H3,(H,15,16,20). The second-order valence-corrected chi connectivity index (χ2v) is 5.13. The van der Waals surface area contributed by atoms with Crippen molar-refractivity contribution in [1.82, 2.24) is 19.6 Å². The molecule has 0 saturated carbocycles. The van der Waals surface area contributed by atoms with Gasteiger partial charge in [-0.05, 0) is 26.2 Å². The Labute approximate surface area is 124 Å². The number of aromatic nitrogens is 2. The normalized spacial score (nSPS) is 10.9. The highest BCUT2D eigenvalue weighted by Gasteiger charge is 2.12. The third-order valence-corrected chi connectivity index (χ3v) is 2.97. The number of furan rings is 1. The predicted octanol–water partition coefficient (Wildman–Crippen LogP) is 1.70. The van der Waals surface area contributed by atoms with Crippen molar-refractivity contribution in [2.45, 2.75) is 13.1 Å². The Bertz CT molecular complexity index is 562. The van der Waals surface area contributed by atoms with Crippen molar-refractivity contribution in [2.24, 2.45) is 0 Å². The molecule has 21 heavy (non-hydrogen) atoms. The molecule has 0 aliphatic carbocycles. The van der Waals surface area contributed by atoms with Crippen LogP contribution in [-0.2, 0) is 13.1 Å². The molecule has 0 spiro atoms. The van der Waals surface area contributed by atoms with Crippen LogP contribution in [0.4, 0.5) is 10.6 Å². The average Bonchev–Trinajstić information content (AvgIpc) is 3.08. The van der Waals surface area contributed by atoms with Crippen LogP contribution in [0.15, 0.2) is 35.1 Å². The number of nitrogens with zero attached hydrogens (tertiary/aromatic N) is 4. The molecule has 2 rings (SSSR count). The highest BCUT2D eigenvalue weighted by molar-refractivity contribution is 5.87. The zero-order chi connectivity index (χ0) is 15.2. The molecule has 0 fully saturated rings. The molecule has 2 amide bonds. The van der Waals surface area contributed by atoms with E-state index in [-0.39, 0.29) is 6.03 Å². The summed E-state index contributed by atoms with van der Waals surface area (Å²) in [6.45, 7) is 2.10. The molecule has 2 aromatic heterocycles. The van der Waals surface area contributed by atoms with Crippen LogP contribution in [0.25, 0.3) is 0 Å². The number of nitrogens with one attached hydrogen (secondary N) is 1. The summed E-state index contributed by atoms with van der Waals surface area (Å²) < 4.78 is 7.02. The van der Waals surface area contributed by atoms with Gasteiger partial charge in [-0.15, -0.1) is 0 Å². The van der Waals surface area contributed by atoms with Crippen LogP contribution in [-0.4, -0.2) is 53.3 Å². The fraction of sp³-hybridized carbons (Fsp3) is 0.429. The van der Waals surface area contributed by atoms with E-state index in [4.69, 9.17) is 4.42 Å². The molecule has 2 heterocycles. The lowest BCUT2D eigenvalue weighted by Crippen LogP contribution is -2.30. The molecule has 0 bridgehead atoms. The Hall–Kier alpha value is -2.28. The third kappa shape index (κ3) is 4.64. The topological polar surface area (TPSA) is 66.5 Å². The highest BCUT2D eigenvalue weighted by Crippen LogP contribution is 2.07. The predicted molar refractivity (Wildman–Crippen MR) is 80.0 cm³/mol. The van der Waals surface area contributed by atoms with Gasteiger partial charge < -0.3 is 14.2 Å². The monoisotopic (exact) mass is 291 g/mol. The number of urea groups is 1. The Balaban J connectivity index is 1.84. The van der Waals surface area contributed by atoms with Crippen LogP contribution >= 0.6 is 0 Å². The molecule has 0 aliphatic heterocycles.